The van der Waals surface area contributed by atoms with Crippen LogP contribution in [0, 0.1) is 0 Å². The van der Waals surface area contributed by atoms with Gasteiger partial charge in [-0.05, 0) is 38.3 Å². The molecule has 3 nitrogen and oxygen atoms in total. The SMILES string of the molecule is CC(C)(C)NCc1ccc(C(O)C(O)CCCl)cc1. The van der Waals surface area contributed by atoms with Crippen molar-refractivity contribution >= 4 is 11.6 Å². The summed E-state index contributed by atoms with van der Waals surface area (Å²) in [5.74, 6) is 0.339. The van der Waals surface area contributed by atoms with Gasteiger partial charge in [-0.15, -0.1) is 11.6 Å². The summed E-state index contributed by atoms with van der Waals surface area (Å²) in [6, 6.07) is 7.62. The van der Waals surface area contributed by atoms with Gasteiger partial charge in [0.25, 0.3) is 0 Å². The van der Waals surface area contributed by atoms with Gasteiger partial charge < -0.3 is 15.5 Å². The first-order valence-corrected chi connectivity index (χ1v) is 7.13. The van der Waals surface area contributed by atoms with Gasteiger partial charge in [0.2, 0.25) is 0 Å². The molecule has 108 valence electrons. The summed E-state index contributed by atoms with van der Waals surface area (Å²) in [4.78, 5) is 0. The molecule has 0 aliphatic carbocycles. The Hall–Kier alpha value is -0.610. The topological polar surface area (TPSA) is 52.5 Å². The number of hydrogen-bond acceptors (Lipinski definition) is 3. The van der Waals surface area contributed by atoms with Crippen molar-refractivity contribution in [1.29, 1.82) is 0 Å². The maximum absolute atomic E-state index is 9.95. The van der Waals surface area contributed by atoms with Gasteiger partial charge in [0.1, 0.15) is 6.10 Å². The third-order valence-electron chi connectivity index (χ3n) is 2.91. The average molecular weight is 286 g/mol. The molecular weight excluding hydrogens is 262 g/mol. The number of halogens is 1. The number of benzene rings is 1. The second kappa shape index (κ2) is 7.25. The maximum atomic E-state index is 9.95. The fraction of sp³-hybridized carbons (Fsp3) is 0.600. The van der Waals surface area contributed by atoms with E-state index in [0.717, 1.165) is 17.7 Å². The molecule has 2 atom stereocenters. The molecule has 0 saturated heterocycles. The van der Waals surface area contributed by atoms with Crippen molar-refractivity contribution in [2.45, 2.75) is 51.5 Å². The molecule has 2 unspecified atom stereocenters. The maximum Gasteiger partial charge on any atom is 0.105 e. The molecular formula is C15H24ClNO2. The van der Waals surface area contributed by atoms with E-state index in [0.29, 0.717) is 12.3 Å². The minimum atomic E-state index is -0.872. The summed E-state index contributed by atoms with van der Waals surface area (Å²) in [7, 11) is 0. The smallest absolute Gasteiger partial charge is 0.105 e. The normalized spacial score (nSPS) is 15.3. The number of aliphatic hydroxyl groups excluding tert-OH is 2. The lowest BCUT2D eigenvalue weighted by Gasteiger charge is -2.21. The molecule has 0 heterocycles. The molecule has 1 aromatic rings. The quantitative estimate of drug-likeness (QED) is 0.704. The summed E-state index contributed by atoms with van der Waals surface area (Å²) in [6.07, 6.45) is -1.30. The zero-order valence-electron chi connectivity index (χ0n) is 11.9. The van der Waals surface area contributed by atoms with Gasteiger partial charge in [0.15, 0.2) is 0 Å². The average Bonchev–Trinajstić information content (AvgIpc) is 2.35. The Kier molecular flexibility index (Phi) is 6.27. The van der Waals surface area contributed by atoms with E-state index in [-0.39, 0.29) is 5.54 Å². The van der Waals surface area contributed by atoms with Crippen LogP contribution in [0.3, 0.4) is 0 Å². The van der Waals surface area contributed by atoms with E-state index >= 15 is 0 Å². The summed E-state index contributed by atoms with van der Waals surface area (Å²) in [5.41, 5.74) is 1.95. The van der Waals surface area contributed by atoms with E-state index in [4.69, 9.17) is 11.6 Å². The summed E-state index contributed by atoms with van der Waals surface area (Å²) < 4.78 is 0. The second-order valence-electron chi connectivity index (χ2n) is 5.83. The third kappa shape index (κ3) is 5.91. The molecule has 0 aliphatic rings. The van der Waals surface area contributed by atoms with Crippen LogP contribution in [0.25, 0.3) is 0 Å². The van der Waals surface area contributed by atoms with Gasteiger partial charge >= 0.3 is 0 Å². The lowest BCUT2D eigenvalue weighted by Crippen LogP contribution is -2.35. The molecule has 1 aromatic carbocycles. The number of alkyl halides is 1. The van der Waals surface area contributed by atoms with Gasteiger partial charge in [0.05, 0.1) is 6.10 Å². The van der Waals surface area contributed by atoms with E-state index in [9.17, 15) is 10.2 Å². The monoisotopic (exact) mass is 285 g/mol. The fourth-order valence-corrected chi connectivity index (χ4v) is 1.92. The Bertz CT molecular complexity index is 373. The molecule has 0 fully saturated rings. The van der Waals surface area contributed by atoms with Crippen LogP contribution < -0.4 is 5.32 Å². The van der Waals surface area contributed by atoms with Crippen LogP contribution in [-0.2, 0) is 6.54 Å². The van der Waals surface area contributed by atoms with Gasteiger partial charge in [-0.3, -0.25) is 0 Å². The first-order chi connectivity index (χ1) is 8.83. The predicted octanol–water partition coefficient (Wildman–Crippen LogP) is 2.60. The largest absolute Gasteiger partial charge is 0.390 e. The van der Waals surface area contributed by atoms with Gasteiger partial charge in [-0.1, -0.05) is 24.3 Å². The molecule has 0 radical (unpaired) electrons. The molecule has 19 heavy (non-hydrogen) atoms. The highest BCUT2D eigenvalue weighted by Gasteiger charge is 2.17. The molecule has 0 aliphatic heterocycles. The van der Waals surface area contributed by atoms with E-state index < -0.39 is 12.2 Å². The first kappa shape index (κ1) is 16.4. The van der Waals surface area contributed by atoms with Crippen LogP contribution in [0.15, 0.2) is 24.3 Å². The van der Waals surface area contributed by atoms with E-state index in [1.807, 2.05) is 24.3 Å². The zero-order chi connectivity index (χ0) is 14.5. The van der Waals surface area contributed by atoms with Gasteiger partial charge in [-0.25, -0.2) is 0 Å². The molecule has 0 bridgehead atoms. The van der Waals surface area contributed by atoms with Crippen molar-refractivity contribution in [2.24, 2.45) is 0 Å². The Labute approximate surface area is 120 Å². The molecule has 0 spiro atoms. The number of rotatable bonds is 6. The lowest BCUT2D eigenvalue weighted by atomic mass is 10.0. The van der Waals surface area contributed by atoms with Crippen molar-refractivity contribution in [3.8, 4) is 0 Å². The van der Waals surface area contributed by atoms with Crippen LogP contribution in [0.4, 0.5) is 0 Å². The molecule has 4 heteroatoms. The van der Waals surface area contributed by atoms with Crippen molar-refractivity contribution in [3.63, 3.8) is 0 Å². The number of nitrogens with one attached hydrogen (secondary N) is 1. The van der Waals surface area contributed by atoms with E-state index in [1.165, 1.54) is 0 Å². The Balaban J connectivity index is 2.60. The highest BCUT2D eigenvalue weighted by Crippen LogP contribution is 2.20. The van der Waals surface area contributed by atoms with Crippen molar-refractivity contribution in [2.75, 3.05) is 5.88 Å². The number of aliphatic hydroxyl groups is 2. The number of hydrogen-bond donors (Lipinski definition) is 3. The van der Waals surface area contributed by atoms with Crippen LogP contribution >= 0.6 is 11.6 Å². The second-order valence-corrected chi connectivity index (χ2v) is 6.21. The van der Waals surface area contributed by atoms with E-state index in [2.05, 4.69) is 26.1 Å². The highest BCUT2D eigenvalue weighted by atomic mass is 35.5. The summed E-state index contributed by atoms with van der Waals surface area (Å²) in [6.45, 7) is 7.14. The first-order valence-electron chi connectivity index (χ1n) is 6.59. The minimum Gasteiger partial charge on any atom is -0.390 e. The highest BCUT2D eigenvalue weighted by molar-refractivity contribution is 6.17. The molecule has 0 aromatic heterocycles. The van der Waals surface area contributed by atoms with Crippen LogP contribution in [0.5, 0.6) is 0 Å². The predicted molar refractivity (Wildman–Crippen MR) is 79.3 cm³/mol. The zero-order valence-corrected chi connectivity index (χ0v) is 12.6. The Morgan fingerprint density at radius 2 is 1.74 bits per heavy atom. The van der Waals surface area contributed by atoms with Crippen molar-refractivity contribution < 1.29 is 10.2 Å². The molecule has 1 rings (SSSR count). The van der Waals surface area contributed by atoms with E-state index in [1.54, 1.807) is 0 Å². The van der Waals surface area contributed by atoms with Gasteiger partial charge in [0, 0.05) is 18.0 Å². The Morgan fingerprint density at radius 3 is 2.21 bits per heavy atom. The molecule has 0 amide bonds. The van der Waals surface area contributed by atoms with Crippen molar-refractivity contribution in [3.05, 3.63) is 35.4 Å². The summed E-state index contributed by atoms with van der Waals surface area (Å²) >= 11 is 5.56. The van der Waals surface area contributed by atoms with Crippen molar-refractivity contribution in [1.82, 2.24) is 5.32 Å². The van der Waals surface area contributed by atoms with Crippen LogP contribution in [-0.4, -0.2) is 27.7 Å². The molecule has 3 N–H and O–H groups in total. The van der Waals surface area contributed by atoms with Gasteiger partial charge in [-0.2, -0.15) is 0 Å². The van der Waals surface area contributed by atoms with Crippen LogP contribution in [0.1, 0.15) is 44.4 Å². The fourth-order valence-electron chi connectivity index (χ4n) is 1.69. The molecule has 0 saturated carbocycles. The Morgan fingerprint density at radius 1 is 1.16 bits per heavy atom. The third-order valence-corrected chi connectivity index (χ3v) is 3.13. The van der Waals surface area contributed by atoms with Crippen LogP contribution in [0.2, 0.25) is 0 Å². The minimum absolute atomic E-state index is 0.0781. The standard InChI is InChI=1S/C15H24ClNO2/c1-15(2,3)17-10-11-4-6-12(7-5-11)14(19)13(18)8-9-16/h4-7,13-14,17-19H,8-10H2,1-3H3. The lowest BCUT2D eigenvalue weighted by molar-refractivity contribution is 0.0170. The summed E-state index contributed by atoms with van der Waals surface area (Å²) in [5, 5.41) is 23.1.